The number of nitrogens with one attached hydrogen (secondary N) is 2. The van der Waals surface area contributed by atoms with Crippen molar-refractivity contribution in [3.63, 3.8) is 0 Å². The van der Waals surface area contributed by atoms with Crippen molar-refractivity contribution in [2.75, 3.05) is 5.32 Å². The highest BCUT2D eigenvalue weighted by Gasteiger charge is 2.14. The molecule has 4 aromatic rings. The number of carbonyl (C=O) groups excluding carboxylic acids is 1. The van der Waals surface area contributed by atoms with Crippen LogP contribution in [0.4, 0.5) is 10.1 Å². The van der Waals surface area contributed by atoms with E-state index >= 15 is 0 Å². The van der Waals surface area contributed by atoms with E-state index in [9.17, 15) is 9.18 Å². The van der Waals surface area contributed by atoms with E-state index in [4.69, 9.17) is 0 Å². The first-order valence-corrected chi connectivity index (χ1v) is 8.84. The van der Waals surface area contributed by atoms with Crippen molar-refractivity contribution in [3.05, 3.63) is 75.9 Å². The van der Waals surface area contributed by atoms with Crippen LogP contribution in [0.25, 0.3) is 22.2 Å². The molecule has 0 atom stereocenters. The predicted octanol–water partition coefficient (Wildman–Crippen LogP) is 4.62. The van der Waals surface area contributed by atoms with Crippen LogP contribution in [0.15, 0.2) is 60.9 Å². The van der Waals surface area contributed by atoms with Gasteiger partial charge in [0.1, 0.15) is 5.82 Å². The molecule has 2 heterocycles. The number of anilines is 1. The number of aromatic amines is 1. The molecular weight excluding hydrogens is 446 g/mol. The zero-order valence-corrected chi connectivity index (χ0v) is 15.5. The Morgan fingerprint density at radius 3 is 2.85 bits per heavy atom. The Morgan fingerprint density at radius 2 is 2.04 bits per heavy atom. The molecule has 0 bridgehead atoms. The molecule has 0 aliphatic rings. The van der Waals surface area contributed by atoms with Crippen LogP contribution in [0.3, 0.4) is 0 Å². The largest absolute Gasteiger partial charge is 0.322 e. The fourth-order valence-corrected chi connectivity index (χ4v) is 3.29. The molecule has 2 aromatic carbocycles. The number of carbonyl (C=O) groups is 1. The molecular formula is C19H12FIN4O. The van der Waals surface area contributed by atoms with Crippen LogP contribution < -0.4 is 5.32 Å². The molecule has 0 unspecified atom stereocenters. The number of pyridine rings is 1. The molecule has 1 amide bonds. The number of rotatable bonds is 3. The minimum atomic E-state index is -0.488. The standard InChI is InChI=1S/C19H12FIN4O/c20-15-8-11(4-6-14(15)18-16(21)2-1-7-22-18)19(26)24-13-5-3-12-10-23-25-17(12)9-13/h1-10H,(H,23,25)(H,24,26). The summed E-state index contributed by atoms with van der Waals surface area (Å²) in [7, 11) is 0. The second-order valence-corrected chi connectivity index (χ2v) is 6.82. The van der Waals surface area contributed by atoms with Gasteiger partial charge < -0.3 is 5.32 Å². The van der Waals surface area contributed by atoms with Crippen LogP contribution in [0.1, 0.15) is 10.4 Å². The number of benzene rings is 2. The molecule has 0 aliphatic heterocycles. The Morgan fingerprint density at radius 1 is 1.15 bits per heavy atom. The van der Waals surface area contributed by atoms with E-state index < -0.39 is 5.82 Å². The van der Waals surface area contributed by atoms with Crippen LogP contribution in [-0.2, 0) is 0 Å². The number of hydrogen-bond acceptors (Lipinski definition) is 3. The topological polar surface area (TPSA) is 70.7 Å². The van der Waals surface area contributed by atoms with Crippen molar-refractivity contribution in [1.82, 2.24) is 15.2 Å². The molecule has 0 aliphatic carbocycles. The first kappa shape index (κ1) is 16.6. The predicted molar refractivity (Wildman–Crippen MR) is 106 cm³/mol. The zero-order chi connectivity index (χ0) is 18.1. The smallest absolute Gasteiger partial charge is 0.255 e. The summed E-state index contributed by atoms with van der Waals surface area (Å²) < 4.78 is 15.4. The van der Waals surface area contributed by atoms with Crippen LogP contribution in [0.2, 0.25) is 0 Å². The summed E-state index contributed by atoms with van der Waals surface area (Å²) in [5.41, 5.74) is 2.58. The fourth-order valence-electron chi connectivity index (χ4n) is 2.65. The highest BCUT2D eigenvalue weighted by molar-refractivity contribution is 14.1. The summed E-state index contributed by atoms with van der Waals surface area (Å²) in [5.74, 6) is -0.872. The highest BCUT2D eigenvalue weighted by Crippen LogP contribution is 2.26. The van der Waals surface area contributed by atoms with Gasteiger partial charge in [0.05, 0.1) is 17.4 Å². The van der Waals surface area contributed by atoms with Gasteiger partial charge in [-0.15, -0.1) is 0 Å². The Balaban J connectivity index is 1.60. The summed E-state index contributed by atoms with van der Waals surface area (Å²) in [6.45, 7) is 0. The average Bonchev–Trinajstić information content (AvgIpc) is 3.10. The minimum Gasteiger partial charge on any atom is -0.322 e. The molecule has 0 spiro atoms. The van der Waals surface area contributed by atoms with E-state index in [0.29, 0.717) is 16.9 Å². The maximum absolute atomic E-state index is 14.5. The van der Waals surface area contributed by atoms with Gasteiger partial charge in [0.25, 0.3) is 5.91 Å². The van der Waals surface area contributed by atoms with Gasteiger partial charge in [0.2, 0.25) is 0 Å². The Hall–Kier alpha value is -2.81. The molecule has 0 fully saturated rings. The maximum atomic E-state index is 14.5. The third-order valence-electron chi connectivity index (χ3n) is 3.94. The number of halogens is 2. The SMILES string of the molecule is O=C(Nc1ccc2cn[nH]c2c1)c1ccc(-c2ncccc2I)c(F)c1. The van der Waals surface area contributed by atoms with Crippen molar-refractivity contribution < 1.29 is 9.18 Å². The van der Waals surface area contributed by atoms with Crippen LogP contribution in [0, 0.1) is 9.39 Å². The number of aromatic nitrogens is 3. The summed E-state index contributed by atoms with van der Waals surface area (Å²) in [4.78, 5) is 16.7. The normalized spacial score (nSPS) is 10.8. The van der Waals surface area contributed by atoms with Crippen LogP contribution in [-0.4, -0.2) is 21.1 Å². The van der Waals surface area contributed by atoms with Crippen LogP contribution in [0.5, 0.6) is 0 Å². The summed E-state index contributed by atoms with van der Waals surface area (Å²) >= 11 is 2.11. The molecule has 0 radical (unpaired) electrons. The van der Waals surface area contributed by atoms with Crippen molar-refractivity contribution in [1.29, 1.82) is 0 Å². The lowest BCUT2D eigenvalue weighted by molar-refractivity contribution is 0.102. The zero-order valence-electron chi connectivity index (χ0n) is 13.3. The third-order valence-corrected chi connectivity index (χ3v) is 4.82. The maximum Gasteiger partial charge on any atom is 0.255 e. The number of amides is 1. The second kappa shape index (κ2) is 6.83. The van der Waals surface area contributed by atoms with E-state index in [2.05, 4.69) is 43.1 Å². The number of hydrogen-bond donors (Lipinski definition) is 2. The van der Waals surface area contributed by atoms with Gasteiger partial charge in [-0.1, -0.05) is 0 Å². The van der Waals surface area contributed by atoms with E-state index in [-0.39, 0.29) is 11.5 Å². The molecule has 4 rings (SSSR count). The van der Waals surface area contributed by atoms with Gasteiger partial charge in [-0.05, 0) is 71.1 Å². The van der Waals surface area contributed by atoms with Gasteiger partial charge in [0, 0.05) is 32.0 Å². The monoisotopic (exact) mass is 458 g/mol. The molecule has 2 aromatic heterocycles. The first-order valence-electron chi connectivity index (χ1n) is 7.77. The average molecular weight is 458 g/mol. The molecule has 128 valence electrons. The lowest BCUT2D eigenvalue weighted by Gasteiger charge is -2.08. The Kier molecular flexibility index (Phi) is 4.37. The highest BCUT2D eigenvalue weighted by atomic mass is 127. The summed E-state index contributed by atoms with van der Waals surface area (Å²) in [6.07, 6.45) is 3.32. The lowest BCUT2D eigenvalue weighted by Crippen LogP contribution is -2.12. The molecule has 0 saturated heterocycles. The fraction of sp³-hybridized carbons (Fsp3) is 0. The molecule has 5 nitrogen and oxygen atoms in total. The lowest BCUT2D eigenvalue weighted by atomic mass is 10.1. The van der Waals surface area contributed by atoms with Gasteiger partial charge in [-0.3, -0.25) is 14.9 Å². The van der Waals surface area contributed by atoms with E-state index in [1.165, 1.54) is 6.07 Å². The minimum absolute atomic E-state index is 0.238. The van der Waals surface area contributed by atoms with Crippen molar-refractivity contribution in [2.45, 2.75) is 0 Å². The molecule has 26 heavy (non-hydrogen) atoms. The van der Waals surface area contributed by atoms with Crippen molar-refractivity contribution in [3.8, 4) is 11.3 Å². The van der Waals surface area contributed by atoms with Gasteiger partial charge in [-0.2, -0.15) is 5.10 Å². The van der Waals surface area contributed by atoms with E-state index in [1.807, 2.05) is 12.1 Å². The van der Waals surface area contributed by atoms with Gasteiger partial charge >= 0.3 is 0 Å². The Bertz CT molecular complexity index is 1130. The molecule has 7 heteroatoms. The first-order chi connectivity index (χ1) is 12.6. The summed E-state index contributed by atoms with van der Waals surface area (Å²) in [6, 6.07) is 13.4. The number of H-pyrrole nitrogens is 1. The second-order valence-electron chi connectivity index (χ2n) is 5.65. The quantitative estimate of drug-likeness (QED) is 0.441. The van der Waals surface area contributed by atoms with Gasteiger partial charge in [0.15, 0.2) is 0 Å². The van der Waals surface area contributed by atoms with E-state index in [1.54, 1.807) is 42.7 Å². The number of fused-ring (bicyclic) bond motifs is 1. The van der Waals surface area contributed by atoms with Crippen molar-refractivity contribution in [2.24, 2.45) is 0 Å². The van der Waals surface area contributed by atoms with Gasteiger partial charge in [-0.25, -0.2) is 4.39 Å². The Labute approximate surface area is 161 Å². The molecule has 0 saturated carbocycles. The number of nitrogens with zero attached hydrogens (tertiary/aromatic N) is 2. The van der Waals surface area contributed by atoms with Crippen molar-refractivity contribution >= 4 is 45.1 Å². The third kappa shape index (κ3) is 3.17. The van der Waals surface area contributed by atoms with Crippen LogP contribution >= 0.6 is 22.6 Å². The molecule has 2 N–H and O–H groups in total. The summed E-state index contributed by atoms with van der Waals surface area (Å²) in [5, 5.41) is 10.5. The van der Waals surface area contributed by atoms with E-state index in [0.717, 1.165) is 14.5 Å².